The number of nitrogens with zero attached hydrogens (tertiary/aromatic N) is 1. The summed E-state index contributed by atoms with van der Waals surface area (Å²) in [5.74, 6) is 0. The number of rotatable bonds is 5. The van der Waals surface area contributed by atoms with E-state index >= 15 is 0 Å². The largest absolute Gasteiger partial charge is 0.391 e. The van der Waals surface area contributed by atoms with Crippen molar-refractivity contribution < 1.29 is 20.4 Å². The Hall–Kier alpha value is -1.12. The zero-order chi connectivity index (χ0) is 15.6. The Kier molecular flexibility index (Phi) is 5.23. The highest BCUT2D eigenvalue weighted by Gasteiger charge is 2.36. The molecule has 0 radical (unpaired) electrons. The average Bonchev–Trinajstić information content (AvgIpc) is 2.95. The third kappa shape index (κ3) is 3.75. The summed E-state index contributed by atoms with van der Waals surface area (Å²) in [6, 6.07) is 7.79. The van der Waals surface area contributed by atoms with Crippen LogP contribution in [0, 0.1) is 6.92 Å². The van der Waals surface area contributed by atoms with Gasteiger partial charge in [-0.2, -0.15) is 5.10 Å². The van der Waals surface area contributed by atoms with Crippen LogP contribution >= 0.6 is 11.8 Å². The summed E-state index contributed by atoms with van der Waals surface area (Å²) < 4.78 is 0. The van der Waals surface area contributed by atoms with Gasteiger partial charge in [0.2, 0.25) is 0 Å². The van der Waals surface area contributed by atoms with Gasteiger partial charge in [0, 0.05) is 5.56 Å². The summed E-state index contributed by atoms with van der Waals surface area (Å²) in [6.45, 7) is 3.34. The molecule has 2 rings (SSSR count). The number of hydrazone groups is 1. The lowest BCUT2D eigenvalue weighted by Crippen LogP contribution is -2.49. The van der Waals surface area contributed by atoms with Gasteiger partial charge in [0.25, 0.3) is 0 Å². The SMILES string of the molecule is Cc1ccc(C2=NN[C@H]([C@H](O)[C@H](O)[C@@H](O)[C@@H](C)O)S2)cc1. The number of hydrogen-bond donors (Lipinski definition) is 5. The molecular weight excluding hydrogens is 292 g/mol. The molecule has 1 heterocycles. The van der Waals surface area contributed by atoms with E-state index in [0.717, 1.165) is 11.1 Å². The Labute approximate surface area is 127 Å². The quantitative estimate of drug-likeness (QED) is 0.515. The van der Waals surface area contributed by atoms with Crippen LogP contribution in [0.3, 0.4) is 0 Å². The maximum absolute atomic E-state index is 10.1. The second kappa shape index (κ2) is 6.76. The van der Waals surface area contributed by atoms with Gasteiger partial charge in [-0.1, -0.05) is 41.6 Å². The molecule has 5 atom stereocenters. The molecule has 0 unspecified atom stereocenters. The Morgan fingerprint density at radius 2 is 1.71 bits per heavy atom. The molecule has 0 amide bonds. The van der Waals surface area contributed by atoms with Crippen molar-refractivity contribution in [1.29, 1.82) is 0 Å². The fraction of sp³-hybridized carbons (Fsp3) is 0.500. The predicted molar refractivity (Wildman–Crippen MR) is 81.9 cm³/mol. The van der Waals surface area contributed by atoms with Crippen molar-refractivity contribution in [2.24, 2.45) is 5.10 Å². The molecule has 6 nitrogen and oxygen atoms in total. The smallest absolute Gasteiger partial charge is 0.125 e. The van der Waals surface area contributed by atoms with Gasteiger partial charge in [-0.15, -0.1) is 0 Å². The van der Waals surface area contributed by atoms with Crippen molar-refractivity contribution in [2.75, 3.05) is 0 Å². The second-order valence-electron chi connectivity index (χ2n) is 5.16. The van der Waals surface area contributed by atoms with Gasteiger partial charge < -0.3 is 20.4 Å². The summed E-state index contributed by atoms with van der Waals surface area (Å²) >= 11 is 1.27. The van der Waals surface area contributed by atoms with Crippen molar-refractivity contribution in [3.8, 4) is 0 Å². The molecule has 0 aromatic heterocycles. The van der Waals surface area contributed by atoms with Gasteiger partial charge >= 0.3 is 0 Å². The van der Waals surface area contributed by atoms with E-state index in [9.17, 15) is 20.4 Å². The fourth-order valence-corrected chi connectivity index (χ4v) is 2.96. The van der Waals surface area contributed by atoms with Crippen LogP contribution in [0.25, 0.3) is 0 Å². The van der Waals surface area contributed by atoms with E-state index in [4.69, 9.17) is 0 Å². The van der Waals surface area contributed by atoms with E-state index in [1.165, 1.54) is 18.7 Å². The number of aliphatic hydroxyl groups is 4. The van der Waals surface area contributed by atoms with Crippen LogP contribution in [0.5, 0.6) is 0 Å². The molecule has 21 heavy (non-hydrogen) atoms. The van der Waals surface area contributed by atoms with Crippen molar-refractivity contribution in [2.45, 2.75) is 43.6 Å². The minimum atomic E-state index is -1.46. The highest BCUT2D eigenvalue weighted by molar-refractivity contribution is 8.15. The first kappa shape index (κ1) is 16.3. The number of aliphatic hydroxyl groups excluding tert-OH is 4. The van der Waals surface area contributed by atoms with E-state index in [1.54, 1.807) is 0 Å². The second-order valence-corrected chi connectivity index (χ2v) is 6.29. The van der Waals surface area contributed by atoms with Crippen LogP contribution in [-0.4, -0.2) is 55.3 Å². The van der Waals surface area contributed by atoms with Gasteiger partial charge in [0.05, 0.1) is 6.10 Å². The predicted octanol–water partition coefficient (Wildman–Crippen LogP) is -0.217. The van der Waals surface area contributed by atoms with E-state index in [0.29, 0.717) is 5.04 Å². The molecule has 0 spiro atoms. The standard InChI is InChI=1S/C14H20N2O4S/c1-7-3-5-9(6-4-7)13-15-16-14(21-13)12(20)11(19)10(18)8(2)17/h3-6,8,10-12,14,16-20H,1-2H3/t8-,10+,11-,12-,14+/m1/s1. The van der Waals surface area contributed by atoms with Gasteiger partial charge in [-0.05, 0) is 13.8 Å². The zero-order valence-corrected chi connectivity index (χ0v) is 12.7. The first-order chi connectivity index (χ1) is 9.90. The maximum Gasteiger partial charge on any atom is 0.125 e. The van der Waals surface area contributed by atoms with Gasteiger partial charge in [0.1, 0.15) is 28.7 Å². The first-order valence-electron chi connectivity index (χ1n) is 6.69. The summed E-state index contributed by atoms with van der Waals surface area (Å²) in [5, 5.41) is 43.0. The molecule has 1 aliphatic rings. The lowest BCUT2D eigenvalue weighted by molar-refractivity contribution is -0.101. The third-order valence-electron chi connectivity index (χ3n) is 3.33. The third-order valence-corrected chi connectivity index (χ3v) is 4.52. The number of benzene rings is 1. The Morgan fingerprint density at radius 3 is 2.29 bits per heavy atom. The van der Waals surface area contributed by atoms with Crippen LogP contribution in [-0.2, 0) is 0 Å². The van der Waals surface area contributed by atoms with Crippen molar-refractivity contribution in [3.63, 3.8) is 0 Å². The van der Waals surface area contributed by atoms with Crippen molar-refractivity contribution >= 4 is 16.8 Å². The summed E-state index contributed by atoms with van der Waals surface area (Å²) in [6.07, 6.45) is -5.25. The van der Waals surface area contributed by atoms with Crippen LogP contribution in [0.15, 0.2) is 29.4 Å². The van der Waals surface area contributed by atoms with Crippen LogP contribution in [0.1, 0.15) is 18.1 Å². The zero-order valence-electron chi connectivity index (χ0n) is 11.8. The van der Waals surface area contributed by atoms with Gasteiger partial charge in [-0.25, -0.2) is 0 Å². The molecule has 0 aliphatic carbocycles. The molecule has 0 bridgehead atoms. The van der Waals surface area contributed by atoms with Crippen LogP contribution in [0.2, 0.25) is 0 Å². The van der Waals surface area contributed by atoms with E-state index < -0.39 is 29.8 Å². The highest BCUT2D eigenvalue weighted by atomic mass is 32.2. The lowest BCUT2D eigenvalue weighted by Gasteiger charge is -2.27. The van der Waals surface area contributed by atoms with Crippen molar-refractivity contribution in [3.05, 3.63) is 35.4 Å². The molecule has 1 aromatic rings. The average molecular weight is 312 g/mol. The fourth-order valence-electron chi connectivity index (χ4n) is 1.94. The maximum atomic E-state index is 10.1. The summed E-state index contributed by atoms with van der Waals surface area (Å²) in [4.78, 5) is 0. The molecule has 7 heteroatoms. The molecular formula is C14H20N2O4S. The number of nitrogens with one attached hydrogen (secondary N) is 1. The van der Waals surface area contributed by atoms with E-state index in [-0.39, 0.29) is 0 Å². The lowest BCUT2D eigenvalue weighted by atomic mass is 10.0. The van der Waals surface area contributed by atoms with Gasteiger partial charge in [-0.3, -0.25) is 5.43 Å². The topological polar surface area (TPSA) is 105 Å². The monoisotopic (exact) mass is 312 g/mol. The number of aryl methyl sites for hydroxylation is 1. The Balaban J connectivity index is 1.99. The highest BCUT2D eigenvalue weighted by Crippen LogP contribution is 2.27. The van der Waals surface area contributed by atoms with Crippen LogP contribution < -0.4 is 5.43 Å². The Bertz CT molecular complexity index is 506. The molecule has 0 saturated carbocycles. The minimum absolute atomic E-state index is 0.579. The van der Waals surface area contributed by atoms with Crippen LogP contribution in [0.4, 0.5) is 0 Å². The Morgan fingerprint density at radius 1 is 1.10 bits per heavy atom. The summed E-state index contributed by atoms with van der Waals surface area (Å²) in [7, 11) is 0. The van der Waals surface area contributed by atoms with Crippen molar-refractivity contribution in [1.82, 2.24) is 5.43 Å². The normalized spacial score (nSPS) is 23.9. The number of hydrogen-bond acceptors (Lipinski definition) is 7. The van der Waals surface area contributed by atoms with Gasteiger partial charge in [0.15, 0.2) is 0 Å². The molecule has 0 fully saturated rings. The molecule has 1 aromatic carbocycles. The molecule has 116 valence electrons. The van der Waals surface area contributed by atoms with E-state index in [1.807, 2.05) is 31.2 Å². The van der Waals surface area contributed by atoms with E-state index in [2.05, 4.69) is 10.5 Å². The summed E-state index contributed by atoms with van der Waals surface area (Å²) in [5.41, 5.74) is 4.80. The molecule has 1 aliphatic heterocycles. The number of thioether (sulfide) groups is 1. The first-order valence-corrected chi connectivity index (χ1v) is 7.57. The molecule has 0 saturated heterocycles. The minimum Gasteiger partial charge on any atom is -0.391 e. The molecule has 5 N–H and O–H groups in total.